The average molecular weight is 591 g/mol. The van der Waals surface area contributed by atoms with Crippen LogP contribution in [-0.4, -0.2) is 85.0 Å². The molecule has 0 aromatic heterocycles. The van der Waals surface area contributed by atoms with E-state index >= 15 is 0 Å². The Morgan fingerprint density at radius 2 is 1.81 bits per heavy atom. The molecule has 3 amide bonds. The van der Waals surface area contributed by atoms with Gasteiger partial charge in [0.05, 0.1) is 24.8 Å². The molecule has 11 nitrogen and oxygen atoms in total. The first-order valence-corrected chi connectivity index (χ1v) is 14.6. The first-order valence-electron chi connectivity index (χ1n) is 13.8. The maximum Gasteiger partial charge on any atom is 0.290 e. The van der Waals surface area contributed by atoms with Crippen molar-refractivity contribution >= 4 is 51.6 Å². The van der Waals surface area contributed by atoms with E-state index in [2.05, 4.69) is 22.7 Å². The highest BCUT2D eigenvalue weighted by atomic mass is 32.2. The number of imide groups is 1. The van der Waals surface area contributed by atoms with E-state index in [0.717, 1.165) is 52.7 Å². The first kappa shape index (κ1) is 29.2. The lowest BCUT2D eigenvalue weighted by Crippen LogP contribution is -2.57. The molecule has 220 valence electrons. The number of amidine groups is 1. The normalized spacial score (nSPS) is 21.1. The lowest BCUT2D eigenvalue weighted by molar-refractivity contribution is -0.132. The molecule has 1 saturated heterocycles. The molecule has 1 fully saturated rings. The molecule has 2 N–H and O–H groups in total. The summed E-state index contributed by atoms with van der Waals surface area (Å²) in [6, 6.07) is 12.3. The van der Waals surface area contributed by atoms with E-state index in [1.165, 1.54) is 0 Å². The van der Waals surface area contributed by atoms with Gasteiger partial charge in [0, 0.05) is 31.4 Å². The van der Waals surface area contributed by atoms with Crippen LogP contribution >= 0.6 is 11.8 Å². The first-order chi connectivity index (χ1) is 20.2. The molecule has 42 heavy (non-hydrogen) atoms. The Morgan fingerprint density at radius 1 is 1.07 bits per heavy atom. The molecule has 3 heterocycles. The van der Waals surface area contributed by atoms with Crippen molar-refractivity contribution in [3.05, 3.63) is 58.5 Å². The van der Waals surface area contributed by atoms with E-state index in [-0.39, 0.29) is 23.1 Å². The van der Waals surface area contributed by atoms with E-state index in [1.54, 1.807) is 24.1 Å². The molecule has 2 aromatic carbocycles. The third-order valence-electron chi connectivity index (χ3n) is 7.45. The van der Waals surface area contributed by atoms with Crippen LogP contribution in [-0.2, 0) is 9.59 Å². The molecule has 0 saturated carbocycles. The van der Waals surface area contributed by atoms with Crippen LogP contribution in [0.25, 0.3) is 5.57 Å². The molecule has 2 unspecified atom stereocenters. The van der Waals surface area contributed by atoms with Crippen LogP contribution in [0, 0.1) is 0 Å². The van der Waals surface area contributed by atoms with Crippen LogP contribution in [0.5, 0.6) is 11.5 Å². The predicted molar refractivity (Wildman–Crippen MR) is 164 cm³/mol. The fourth-order valence-electron chi connectivity index (χ4n) is 5.33. The number of anilines is 1. The van der Waals surface area contributed by atoms with Crippen LogP contribution in [0.3, 0.4) is 0 Å². The van der Waals surface area contributed by atoms with Gasteiger partial charge in [-0.3, -0.25) is 34.6 Å². The summed E-state index contributed by atoms with van der Waals surface area (Å²) >= 11 is 0.912. The SMILES string of the molecule is CCCC1=NN(C)C2C(=O)N(CCNc3ccc(/C(C)=C4\SC(=O)NC4=O)cc3)C(c3ccc(OC)c(OC)c3)=NC12. The number of carbonyl (C=O) groups excluding carboxylic acids is 3. The minimum absolute atomic E-state index is 0.0570. The molecule has 2 aromatic rings. The highest BCUT2D eigenvalue weighted by Gasteiger charge is 2.46. The maximum atomic E-state index is 13.9. The van der Waals surface area contributed by atoms with Crippen molar-refractivity contribution in [2.75, 3.05) is 39.7 Å². The van der Waals surface area contributed by atoms with Gasteiger partial charge in [0.1, 0.15) is 11.9 Å². The minimum Gasteiger partial charge on any atom is -0.493 e. The number of methoxy groups -OCH3 is 2. The van der Waals surface area contributed by atoms with Gasteiger partial charge in [-0.2, -0.15) is 5.10 Å². The summed E-state index contributed by atoms with van der Waals surface area (Å²) < 4.78 is 10.9. The van der Waals surface area contributed by atoms with Crippen molar-refractivity contribution in [3.8, 4) is 11.5 Å². The standard InChI is InChI=1S/C30H34N6O5S/c1-6-7-21-24-25(35(3)34-21)29(38)36(27(32-24)19-10-13-22(40-4)23(16-19)41-5)15-14-31-20-11-8-18(9-12-20)17(2)26-28(37)33-30(39)42-26/h8-13,16,24-25,31H,6-7,14-15H2,1-5H3,(H,33,37,39)/b26-17-. The van der Waals surface area contributed by atoms with Crippen molar-refractivity contribution in [1.29, 1.82) is 0 Å². The second kappa shape index (κ2) is 12.3. The van der Waals surface area contributed by atoms with Gasteiger partial charge in [0.15, 0.2) is 17.5 Å². The van der Waals surface area contributed by atoms with Gasteiger partial charge in [-0.1, -0.05) is 25.5 Å². The number of hydrogen-bond donors (Lipinski definition) is 2. The molecule has 3 aliphatic rings. The topological polar surface area (TPSA) is 125 Å². The monoisotopic (exact) mass is 590 g/mol. The van der Waals surface area contributed by atoms with Crippen molar-refractivity contribution in [2.24, 2.45) is 10.1 Å². The average Bonchev–Trinajstić information content (AvgIpc) is 3.50. The number of nitrogens with one attached hydrogen (secondary N) is 2. The second-order valence-electron chi connectivity index (χ2n) is 10.1. The molecular weight excluding hydrogens is 556 g/mol. The number of ether oxygens (including phenoxy) is 2. The zero-order valence-corrected chi connectivity index (χ0v) is 25.1. The number of thioether (sulfide) groups is 1. The molecule has 0 spiro atoms. The largest absolute Gasteiger partial charge is 0.493 e. The number of allylic oxidation sites excluding steroid dienone is 1. The van der Waals surface area contributed by atoms with E-state index in [0.29, 0.717) is 35.3 Å². The van der Waals surface area contributed by atoms with Gasteiger partial charge >= 0.3 is 0 Å². The van der Waals surface area contributed by atoms with Crippen LogP contribution in [0.4, 0.5) is 10.5 Å². The lowest BCUT2D eigenvalue weighted by atomic mass is 9.97. The summed E-state index contributed by atoms with van der Waals surface area (Å²) in [4.78, 5) is 44.8. The molecular formula is C30H34N6O5S. The Labute approximate surface area is 249 Å². The van der Waals surface area contributed by atoms with Gasteiger partial charge in [-0.15, -0.1) is 0 Å². The van der Waals surface area contributed by atoms with Gasteiger partial charge in [-0.25, -0.2) is 0 Å². The van der Waals surface area contributed by atoms with Crippen molar-refractivity contribution in [2.45, 2.75) is 38.8 Å². The van der Waals surface area contributed by atoms with Crippen molar-refractivity contribution < 1.29 is 23.9 Å². The summed E-state index contributed by atoms with van der Waals surface area (Å²) in [5.41, 5.74) is 4.11. The van der Waals surface area contributed by atoms with Crippen molar-refractivity contribution in [1.82, 2.24) is 15.2 Å². The van der Waals surface area contributed by atoms with Gasteiger partial charge in [0.2, 0.25) is 0 Å². The molecule has 0 aliphatic carbocycles. The quantitative estimate of drug-likeness (QED) is 0.399. The van der Waals surface area contributed by atoms with Crippen molar-refractivity contribution in [3.63, 3.8) is 0 Å². The summed E-state index contributed by atoms with van der Waals surface area (Å²) in [6.07, 6.45) is 1.69. The number of carbonyl (C=O) groups is 3. The number of fused-ring (bicyclic) bond motifs is 1. The summed E-state index contributed by atoms with van der Waals surface area (Å²) in [5, 5.41) is 11.7. The number of rotatable bonds is 10. The minimum atomic E-state index is -0.483. The van der Waals surface area contributed by atoms with Gasteiger partial charge in [-0.05, 0) is 66.6 Å². The van der Waals surface area contributed by atoms with Crippen LogP contribution < -0.4 is 20.1 Å². The molecule has 5 rings (SSSR count). The van der Waals surface area contributed by atoms with E-state index in [1.807, 2.05) is 56.4 Å². The van der Waals surface area contributed by atoms with E-state index < -0.39 is 6.04 Å². The third kappa shape index (κ3) is 5.58. The lowest BCUT2D eigenvalue weighted by Gasteiger charge is -2.36. The zero-order chi connectivity index (χ0) is 30.0. The zero-order valence-electron chi connectivity index (χ0n) is 24.3. The Balaban J connectivity index is 1.36. The Hall–Kier alpha value is -4.32. The van der Waals surface area contributed by atoms with Gasteiger partial charge < -0.3 is 14.8 Å². The number of amides is 3. The number of nitrogens with zero attached hydrogens (tertiary/aromatic N) is 4. The van der Waals surface area contributed by atoms with E-state index in [9.17, 15) is 14.4 Å². The predicted octanol–water partition coefficient (Wildman–Crippen LogP) is 3.96. The molecule has 2 atom stereocenters. The molecule has 3 aliphatic heterocycles. The number of hydrazone groups is 1. The highest BCUT2D eigenvalue weighted by Crippen LogP contribution is 2.33. The highest BCUT2D eigenvalue weighted by molar-refractivity contribution is 8.18. The fraction of sp³-hybridized carbons (Fsp3) is 0.367. The van der Waals surface area contributed by atoms with Crippen LogP contribution in [0.1, 0.15) is 37.8 Å². The van der Waals surface area contributed by atoms with Gasteiger partial charge in [0.25, 0.3) is 17.1 Å². The smallest absolute Gasteiger partial charge is 0.290 e. The molecule has 0 radical (unpaired) electrons. The van der Waals surface area contributed by atoms with Crippen LogP contribution in [0.15, 0.2) is 57.5 Å². The van der Waals surface area contributed by atoms with Crippen LogP contribution in [0.2, 0.25) is 0 Å². The molecule has 12 heteroatoms. The summed E-state index contributed by atoms with van der Waals surface area (Å²) in [7, 11) is 4.99. The number of aliphatic imine (C=N–C) groups is 1. The number of likely N-dealkylation sites (N-methyl/N-ethyl adjacent to an activating group) is 1. The third-order valence-corrected chi connectivity index (χ3v) is 8.44. The summed E-state index contributed by atoms with van der Waals surface area (Å²) in [6.45, 7) is 4.75. The molecule has 0 bridgehead atoms. The van der Waals surface area contributed by atoms with E-state index in [4.69, 9.17) is 14.5 Å². The Bertz CT molecular complexity index is 1500. The Morgan fingerprint density at radius 3 is 2.45 bits per heavy atom. The fourth-order valence-corrected chi connectivity index (χ4v) is 6.08. The summed E-state index contributed by atoms with van der Waals surface area (Å²) in [5.74, 6) is 1.29. The maximum absolute atomic E-state index is 13.9. The number of hydrogen-bond acceptors (Lipinski definition) is 10. The Kier molecular flexibility index (Phi) is 8.53. The number of benzene rings is 2. The second-order valence-corrected chi connectivity index (χ2v) is 11.1.